The lowest BCUT2D eigenvalue weighted by atomic mass is 10.0. The maximum atomic E-state index is 11.0. The second kappa shape index (κ2) is 8.85. The van der Waals surface area contributed by atoms with Crippen molar-refractivity contribution in [3.8, 4) is 0 Å². The molecule has 0 radical (unpaired) electrons. The third kappa shape index (κ3) is 7.90. The molecule has 84 valence electrons. The van der Waals surface area contributed by atoms with Crippen LogP contribution in [0.3, 0.4) is 0 Å². The highest BCUT2D eigenvalue weighted by Crippen LogP contribution is 2.07. The molecule has 1 N–H and O–H groups in total. The van der Waals surface area contributed by atoms with Crippen molar-refractivity contribution in [1.29, 1.82) is 0 Å². The van der Waals surface area contributed by atoms with E-state index in [1.54, 1.807) is 0 Å². The Balaban J connectivity index is 3.22. The van der Waals surface area contributed by atoms with Crippen molar-refractivity contribution < 1.29 is 9.53 Å². The van der Waals surface area contributed by atoms with Crippen LogP contribution in [0, 0.1) is 5.92 Å². The Bertz CT molecular complexity index is 148. The van der Waals surface area contributed by atoms with Crippen LogP contribution in [0.25, 0.3) is 0 Å². The number of carbonyl (C=O) groups is 1. The van der Waals surface area contributed by atoms with Gasteiger partial charge in [0.25, 0.3) is 0 Å². The Hall–Kier alpha value is -0.730. The van der Waals surface area contributed by atoms with Crippen molar-refractivity contribution in [2.45, 2.75) is 46.5 Å². The summed E-state index contributed by atoms with van der Waals surface area (Å²) < 4.78 is 4.87. The van der Waals surface area contributed by atoms with Crippen LogP contribution in [0.1, 0.15) is 46.5 Å². The number of hydrogen-bond donors (Lipinski definition) is 1. The zero-order chi connectivity index (χ0) is 10.8. The fourth-order valence-corrected chi connectivity index (χ4v) is 1.09. The van der Waals surface area contributed by atoms with E-state index >= 15 is 0 Å². The number of hydrogen-bond acceptors (Lipinski definition) is 2. The molecular weight excluding hydrogens is 178 g/mol. The first-order chi connectivity index (χ1) is 6.70. The smallest absolute Gasteiger partial charge is 0.407 e. The van der Waals surface area contributed by atoms with Gasteiger partial charge >= 0.3 is 6.09 Å². The summed E-state index contributed by atoms with van der Waals surface area (Å²) >= 11 is 0. The Morgan fingerprint density at radius 2 is 2.14 bits per heavy atom. The Labute approximate surface area is 87.2 Å². The van der Waals surface area contributed by atoms with Gasteiger partial charge < -0.3 is 10.1 Å². The second-order valence-electron chi connectivity index (χ2n) is 3.72. The normalized spacial score (nSPS) is 12.2. The van der Waals surface area contributed by atoms with Crippen molar-refractivity contribution >= 4 is 6.09 Å². The van der Waals surface area contributed by atoms with Crippen LogP contribution in [0.15, 0.2) is 0 Å². The number of carbonyl (C=O) groups excluding carboxylic acids is 1. The van der Waals surface area contributed by atoms with E-state index in [4.69, 9.17) is 4.74 Å². The van der Waals surface area contributed by atoms with Gasteiger partial charge in [0, 0.05) is 6.54 Å². The molecule has 0 bridgehead atoms. The van der Waals surface area contributed by atoms with Crippen LogP contribution in [-0.4, -0.2) is 19.2 Å². The van der Waals surface area contributed by atoms with Crippen LogP contribution >= 0.6 is 0 Å². The summed E-state index contributed by atoms with van der Waals surface area (Å²) in [7, 11) is 0. The maximum absolute atomic E-state index is 11.0. The lowest BCUT2D eigenvalue weighted by Gasteiger charge is -2.08. The van der Waals surface area contributed by atoms with Crippen molar-refractivity contribution in [3.05, 3.63) is 0 Å². The third-order valence-electron chi connectivity index (χ3n) is 2.28. The van der Waals surface area contributed by atoms with Crippen LogP contribution in [0.5, 0.6) is 0 Å². The number of alkyl carbamates (subject to hydrolysis) is 1. The number of rotatable bonds is 7. The number of amides is 1. The van der Waals surface area contributed by atoms with E-state index in [1.807, 2.05) is 6.92 Å². The van der Waals surface area contributed by atoms with Crippen molar-refractivity contribution in [3.63, 3.8) is 0 Å². The molecule has 0 aromatic rings. The fourth-order valence-electron chi connectivity index (χ4n) is 1.09. The van der Waals surface area contributed by atoms with E-state index in [-0.39, 0.29) is 6.09 Å². The van der Waals surface area contributed by atoms with Crippen LogP contribution in [0.2, 0.25) is 0 Å². The first-order valence-electron chi connectivity index (χ1n) is 5.61. The van der Waals surface area contributed by atoms with Gasteiger partial charge in [-0.1, -0.05) is 27.2 Å². The second-order valence-corrected chi connectivity index (χ2v) is 3.72. The van der Waals surface area contributed by atoms with Gasteiger partial charge in [-0.05, 0) is 25.2 Å². The molecule has 0 aliphatic rings. The van der Waals surface area contributed by atoms with Crippen LogP contribution < -0.4 is 5.32 Å². The molecule has 1 amide bonds. The van der Waals surface area contributed by atoms with Crippen LogP contribution in [-0.2, 0) is 4.74 Å². The van der Waals surface area contributed by atoms with Gasteiger partial charge in [0.15, 0.2) is 0 Å². The van der Waals surface area contributed by atoms with E-state index in [9.17, 15) is 4.79 Å². The lowest BCUT2D eigenvalue weighted by molar-refractivity contribution is 0.146. The van der Waals surface area contributed by atoms with Gasteiger partial charge in [0.05, 0.1) is 6.61 Å². The zero-order valence-corrected chi connectivity index (χ0v) is 9.64. The molecule has 3 heteroatoms. The van der Waals surface area contributed by atoms with Gasteiger partial charge in [0.2, 0.25) is 0 Å². The zero-order valence-electron chi connectivity index (χ0n) is 9.64. The number of ether oxygens (including phenoxy) is 1. The summed E-state index contributed by atoms with van der Waals surface area (Å²) in [6.07, 6.45) is 4.01. The average molecular weight is 201 g/mol. The molecule has 14 heavy (non-hydrogen) atoms. The highest BCUT2D eigenvalue weighted by atomic mass is 16.5. The first kappa shape index (κ1) is 13.3. The molecule has 0 spiro atoms. The molecule has 0 heterocycles. The molecule has 1 unspecified atom stereocenters. The fraction of sp³-hybridized carbons (Fsp3) is 0.909. The summed E-state index contributed by atoms with van der Waals surface area (Å²) in [4.78, 5) is 11.0. The molecule has 0 aromatic heterocycles. The molecule has 0 aromatic carbocycles. The summed E-state index contributed by atoms with van der Waals surface area (Å²) in [6.45, 7) is 7.64. The minimum atomic E-state index is -0.281. The molecule has 0 saturated carbocycles. The number of nitrogens with one attached hydrogen (secondary N) is 1. The quantitative estimate of drug-likeness (QED) is 0.643. The van der Waals surface area contributed by atoms with Crippen LogP contribution in [0.4, 0.5) is 4.79 Å². The Morgan fingerprint density at radius 3 is 2.71 bits per heavy atom. The predicted octanol–water partition coefficient (Wildman–Crippen LogP) is 2.95. The summed E-state index contributed by atoms with van der Waals surface area (Å²) in [5, 5.41) is 2.74. The summed E-state index contributed by atoms with van der Waals surface area (Å²) in [6, 6.07) is 0. The molecule has 1 atom stereocenters. The summed E-state index contributed by atoms with van der Waals surface area (Å²) in [5.41, 5.74) is 0. The van der Waals surface area contributed by atoms with E-state index < -0.39 is 0 Å². The summed E-state index contributed by atoms with van der Waals surface area (Å²) in [5.74, 6) is 0.753. The van der Waals surface area contributed by atoms with E-state index in [0.717, 1.165) is 25.3 Å². The van der Waals surface area contributed by atoms with E-state index in [2.05, 4.69) is 19.2 Å². The van der Waals surface area contributed by atoms with Gasteiger partial charge in [-0.15, -0.1) is 0 Å². The van der Waals surface area contributed by atoms with Crippen molar-refractivity contribution in [2.75, 3.05) is 13.2 Å². The molecular formula is C11H23NO2. The van der Waals surface area contributed by atoms with Crippen molar-refractivity contribution in [2.24, 2.45) is 5.92 Å². The Morgan fingerprint density at radius 1 is 1.43 bits per heavy atom. The average Bonchev–Trinajstić information content (AvgIpc) is 2.21. The highest BCUT2D eigenvalue weighted by molar-refractivity contribution is 5.66. The maximum Gasteiger partial charge on any atom is 0.407 e. The Kier molecular flexibility index (Phi) is 8.39. The monoisotopic (exact) mass is 201 g/mol. The molecule has 0 saturated heterocycles. The SMILES string of the molecule is CCCOC(=O)NCCCC(C)CC. The molecule has 0 aliphatic heterocycles. The topological polar surface area (TPSA) is 38.3 Å². The minimum absolute atomic E-state index is 0.281. The van der Waals surface area contributed by atoms with Gasteiger partial charge in [-0.2, -0.15) is 0 Å². The molecule has 0 rings (SSSR count). The van der Waals surface area contributed by atoms with Gasteiger partial charge in [-0.3, -0.25) is 0 Å². The van der Waals surface area contributed by atoms with Crippen molar-refractivity contribution in [1.82, 2.24) is 5.32 Å². The van der Waals surface area contributed by atoms with Gasteiger partial charge in [0.1, 0.15) is 0 Å². The molecule has 0 aliphatic carbocycles. The van der Waals surface area contributed by atoms with E-state index in [1.165, 1.54) is 12.8 Å². The lowest BCUT2D eigenvalue weighted by Crippen LogP contribution is -2.25. The highest BCUT2D eigenvalue weighted by Gasteiger charge is 2.01. The minimum Gasteiger partial charge on any atom is -0.450 e. The van der Waals surface area contributed by atoms with Gasteiger partial charge in [-0.25, -0.2) is 4.79 Å². The van der Waals surface area contributed by atoms with E-state index in [0.29, 0.717) is 6.61 Å². The predicted molar refractivity (Wildman–Crippen MR) is 58.3 cm³/mol. The third-order valence-corrected chi connectivity index (χ3v) is 2.28. The standard InChI is InChI=1S/C11H23NO2/c1-4-9-14-11(13)12-8-6-7-10(3)5-2/h10H,4-9H2,1-3H3,(H,12,13). The molecule has 3 nitrogen and oxygen atoms in total. The molecule has 0 fully saturated rings. The largest absolute Gasteiger partial charge is 0.450 e. The first-order valence-corrected chi connectivity index (χ1v) is 5.61.